The molecule has 0 aliphatic carbocycles. The Bertz CT molecular complexity index is 947. The van der Waals surface area contributed by atoms with Crippen LogP contribution in [-0.2, 0) is 21.3 Å². The van der Waals surface area contributed by atoms with Crippen LogP contribution in [0.25, 0.3) is 0 Å². The molecule has 0 saturated heterocycles. The zero-order chi connectivity index (χ0) is 19.3. The van der Waals surface area contributed by atoms with Crippen LogP contribution in [0.4, 0.5) is 0 Å². The molecule has 2 aromatic rings. The van der Waals surface area contributed by atoms with Crippen LogP contribution < -0.4 is 4.83 Å². The topological polar surface area (TPSA) is 89.8 Å². The van der Waals surface area contributed by atoms with Crippen molar-refractivity contribution >= 4 is 38.1 Å². The largest absolute Gasteiger partial charge is 0.464 e. The lowest BCUT2D eigenvalue weighted by atomic mass is 10.2. The number of nitrogens with one attached hydrogen (secondary N) is 1. The van der Waals surface area contributed by atoms with Gasteiger partial charge in [-0.05, 0) is 41.1 Å². The van der Waals surface area contributed by atoms with E-state index in [1.165, 1.54) is 25.5 Å². The smallest absolute Gasteiger partial charge is 0.354 e. The fraction of sp³-hybridized carbons (Fsp3) is 0.176. The number of aromatic nitrogens is 1. The second kappa shape index (κ2) is 8.33. The van der Waals surface area contributed by atoms with E-state index in [1.54, 1.807) is 28.8 Å². The second-order valence-electron chi connectivity index (χ2n) is 5.32. The summed E-state index contributed by atoms with van der Waals surface area (Å²) in [5, 5.41) is 3.81. The van der Waals surface area contributed by atoms with Crippen LogP contribution in [-0.4, -0.2) is 32.3 Å². The molecule has 0 aliphatic rings. The number of halogens is 1. The number of benzene rings is 1. The summed E-state index contributed by atoms with van der Waals surface area (Å²) in [6.07, 6.45) is 2.92. The second-order valence-corrected chi connectivity index (χ2v) is 7.83. The van der Waals surface area contributed by atoms with E-state index in [1.807, 2.05) is 6.92 Å². The molecule has 2 rings (SSSR count). The molecule has 1 N–H and O–H groups in total. The first-order valence-corrected chi connectivity index (χ1v) is 9.77. The Balaban J connectivity index is 2.30. The molecular formula is C17H18BrN3O4S. The van der Waals surface area contributed by atoms with Crippen molar-refractivity contribution in [3.05, 3.63) is 64.4 Å². The summed E-state index contributed by atoms with van der Waals surface area (Å²) in [6.45, 7) is 5.84. The van der Waals surface area contributed by atoms with Crippen molar-refractivity contribution in [2.24, 2.45) is 5.10 Å². The number of allylic oxidation sites excluding steroid dienone is 1. The van der Waals surface area contributed by atoms with Crippen molar-refractivity contribution in [2.75, 3.05) is 7.11 Å². The molecule has 0 bridgehead atoms. The molecule has 0 unspecified atom stereocenters. The molecule has 0 atom stereocenters. The van der Waals surface area contributed by atoms with E-state index < -0.39 is 16.0 Å². The minimum absolute atomic E-state index is 0.107. The first-order valence-electron chi connectivity index (χ1n) is 7.50. The zero-order valence-electron chi connectivity index (χ0n) is 14.3. The van der Waals surface area contributed by atoms with Crippen molar-refractivity contribution in [3.8, 4) is 0 Å². The molecule has 1 aromatic carbocycles. The van der Waals surface area contributed by atoms with Gasteiger partial charge in [0, 0.05) is 11.0 Å². The third kappa shape index (κ3) is 4.41. The Kier molecular flexibility index (Phi) is 6.38. The maximum Gasteiger partial charge on any atom is 0.354 e. The first kappa shape index (κ1) is 19.9. The lowest BCUT2D eigenvalue weighted by molar-refractivity contribution is 0.0589. The van der Waals surface area contributed by atoms with Crippen LogP contribution in [0.3, 0.4) is 0 Å². The highest BCUT2D eigenvalue weighted by Crippen LogP contribution is 2.22. The predicted octanol–water partition coefficient (Wildman–Crippen LogP) is 2.84. The minimum Gasteiger partial charge on any atom is -0.464 e. The highest BCUT2D eigenvalue weighted by Gasteiger charge is 2.18. The van der Waals surface area contributed by atoms with Gasteiger partial charge < -0.3 is 9.30 Å². The molecule has 0 radical (unpaired) electrons. The Morgan fingerprint density at radius 2 is 2.04 bits per heavy atom. The Morgan fingerprint density at radius 3 is 2.62 bits per heavy atom. The predicted molar refractivity (Wildman–Crippen MR) is 103 cm³/mol. The van der Waals surface area contributed by atoms with Gasteiger partial charge in [0.1, 0.15) is 5.69 Å². The number of aryl methyl sites for hydroxylation is 1. The summed E-state index contributed by atoms with van der Waals surface area (Å²) in [5.74, 6) is -0.521. The SMILES string of the molecule is C=CCn1c(C(=O)OC)cc(Br)c1/C=N/NS(=O)(=O)c1ccc(C)cc1. The number of esters is 1. The molecule has 0 saturated carbocycles. The van der Waals surface area contributed by atoms with Gasteiger partial charge in [-0.2, -0.15) is 13.5 Å². The van der Waals surface area contributed by atoms with Crippen LogP contribution in [0.1, 0.15) is 21.7 Å². The van der Waals surface area contributed by atoms with Crippen molar-refractivity contribution in [2.45, 2.75) is 18.4 Å². The van der Waals surface area contributed by atoms with Gasteiger partial charge in [-0.25, -0.2) is 9.63 Å². The lowest BCUT2D eigenvalue weighted by Gasteiger charge is -2.08. The fourth-order valence-corrected chi connectivity index (χ4v) is 3.51. The van der Waals surface area contributed by atoms with Crippen LogP contribution in [0.2, 0.25) is 0 Å². The van der Waals surface area contributed by atoms with Gasteiger partial charge in [-0.3, -0.25) is 0 Å². The molecule has 7 nitrogen and oxygen atoms in total. The summed E-state index contributed by atoms with van der Waals surface area (Å²) in [7, 11) is -2.50. The van der Waals surface area contributed by atoms with E-state index in [9.17, 15) is 13.2 Å². The summed E-state index contributed by atoms with van der Waals surface area (Å²) >= 11 is 3.34. The minimum atomic E-state index is -3.78. The van der Waals surface area contributed by atoms with E-state index in [0.29, 0.717) is 22.4 Å². The molecule has 0 fully saturated rings. The molecular weight excluding hydrogens is 422 g/mol. The zero-order valence-corrected chi connectivity index (χ0v) is 16.7. The van der Waals surface area contributed by atoms with E-state index >= 15 is 0 Å². The average molecular weight is 440 g/mol. The molecule has 1 heterocycles. The van der Waals surface area contributed by atoms with Gasteiger partial charge in [-0.1, -0.05) is 23.8 Å². The van der Waals surface area contributed by atoms with Gasteiger partial charge in [-0.15, -0.1) is 6.58 Å². The van der Waals surface area contributed by atoms with Crippen LogP contribution in [0.15, 0.2) is 57.5 Å². The summed E-state index contributed by atoms with van der Waals surface area (Å²) in [4.78, 5) is 14.1. The fourth-order valence-electron chi connectivity index (χ4n) is 2.19. The Morgan fingerprint density at radius 1 is 1.38 bits per heavy atom. The maximum atomic E-state index is 12.3. The van der Waals surface area contributed by atoms with Gasteiger partial charge in [0.2, 0.25) is 0 Å². The van der Waals surface area contributed by atoms with Crippen LogP contribution in [0, 0.1) is 6.92 Å². The number of hydrogen-bond donors (Lipinski definition) is 1. The van der Waals surface area contributed by atoms with Gasteiger partial charge in [0.05, 0.1) is 23.9 Å². The van der Waals surface area contributed by atoms with E-state index in [2.05, 4.69) is 32.4 Å². The number of hydrazone groups is 1. The van der Waals surface area contributed by atoms with Crippen molar-refractivity contribution < 1.29 is 17.9 Å². The molecule has 26 heavy (non-hydrogen) atoms. The number of carbonyl (C=O) groups is 1. The van der Waals surface area contributed by atoms with Gasteiger partial charge in [0.15, 0.2) is 0 Å². The number of nitrogens with zero attached hydrogens (tertiary/aromatic N) is 2. The summed E-state index contributed by atoms with van der Waals surface area (Å²) < 4.78 is 31.4. The first-order chi connectivity index (χ1) is 12.3. The van der Waals surface area contributed by atoms with E-state index in [4.69, 9.17) is 4.74 Å². The number of rotatable bonds is 7. The number of sulfonamides is 1. The van der Waals surface area contributed by atoms with Crippen molar-refractivity contribution in [3.63, 3.8) is 0 Å². The highest BCUT2D eigenvalue weighted by atomic mass is 79.9. The average Bonchev–Trinajstić information content (AvgIpc) is 2.91. The van der Waals surface area contributed by atoms with E-state index in [0.717, 1.165) is 5.56 Å². The normalized spacial score (nSPS) is 11.5. The van der Waals surface area contributed by atoms with Crippen LogP contribution >= 0.6 is 15.9 Å². The maximum absolute atomic E-state index is 12.3. The summed E-state index contributed by atoms with van der Waals surface area (Å²) in [6, 6.07) is 7.97. The van der Waals surface area contributed by atoms with Gasteiger partial charge >= 0.3 is 5.97 Å². The van der Waals surface area contributed by atoms with E-state index in [-0.39, 0.29) is 4.90 Å². The molecule has 138 valence electrons. The van der Waals surface area contributed by atoms with Gasteiger partial charge in [0.25, 0.3) is 10.0 Å². The Labute approximate surface area is 160 Å². The number of ether oxygens (including phenoxy) is 1. The number of methoxy groups -OCH3 is 1. The number of hydrogen-bond acceptors (Lipinski definition) is 5. The lowest BCUT2D eigenvalue weighted by Crippen LogP contribution is -2.19. The van der Waals surface area contributed by atoms with Crippen molar-refractivity contribution in [1.82, 2.24) is 9.40 Å². The molecule has 9 heteroatoms. The molecule has 0 amide bonds. The molecule has 1 aromatic heterocycles. The van der Waals surface area contributed by atoms with Crippen molar-refractivity contribution in [1.29, 1.82) is 0 Å². The standard InChI is InChI=1S/C17H18BrN3O4S/c1-4-9-21-15(17(22)25-3)10-14(18)16(21)11-19-20-26(23,24)13-7-5-12(2)6-8-13/h4-8,10-11,20H,1,9H2,2-3H3/b19-11+. The number of carbonyl (C=O) groups excluding carboxylic acids is 1. The molecule has 0 spiro atoms. The summed E-state index contributed by atoms with van der Waals surface area (Å²) in [5.41, 5.74) is 1.74. The molecule has 0 aliphatic heterocycles. The van der Waals surface area contributed by atoms with Crippen LogP contribution in [0.5, 0.6) is 0 Å². The third-order valence-electron chi connectivity index (χ3n) is 3.49. The monoisotopic (exact) mass is 439 g/mol. The highest BCUT2D eigenvalue weighted by molar-refractivity contribution is 9.10. The quantitative estimate of drug-likeness (QED) is 0.310. The third-order valence-corrected chi connectivity index (χ3v) is 5.36. The Hall–Kier alpha value is -2.39.